The second kappa shape index (κ2) is 10.7. The maximum Gasteiger partial charge on any atom is 0.263 e. The second-order valence-electron chi connectivity index (χ2n) is 12.1. The Kier molecular flexibility index (Phi) is 6.81. The third-order valence-corrected chi connectivity index (χ3v) is 12.6. The van der Waals surface area contributed by atoms with Crippen molar-refractivity contribution in [3.63, 3.8) is 0 Å². The van der Waals surface area contributed by atoms with Gasteiger partial charge in [-0.15, -0.1) is 11.8 Å². The van der Waals surface area contributed by atoms with Crippen molar-refractivity contribution >= 4 is 56.8 Å². The van der Waals surface area contributed by atoms with Crippen molar-refractivity contribution in [3.05, 3.63) is 98.6 Å². The topological polar surface area (TPSA) is 7.12 Å². The Morgan fingerprint density at radius 3 is 2.76 bits per heavy atom. The van der Waals surface area contributed by atoms with Crippen LogP contribution in [-0.4, -0.2) is 12.8 Å². The van der Waals surface area contributed by atoms with E-state index in [2.05, 4.69) is 89.4 Å². The zero-order chi connectivity index (χ0) is 27.5. The predicted octanol–water partition coefficient (Wildman–Crippen LogP) is 9.72. The molecule has 2 aromatic carbocycles. The molecule has 2 aliphatic heterocycles. The summed E-state index contributed by atoms with van der Waals surface area (Å²) < 4.78 is 4.04. The average molecular weight is 594 g/mol. The molecule has 5 aliphatic rings. The van der Waals surface area contributed by atoms with E-state index in [0.717, 1.165) is 24.9 Å². The van der Waals surface area contributed by atoms with Gasteiger partial charge in [0.2, 0.25) is 5.52 Å². The highest BCUT2D eigenvalue weighted by atomic mass is 32.2. The first-order valence-corrected chi connectivity index (χ1v) is 18.2. The van der Waals surface area contributed by atoms with Gasteiger partial charge in [0.1, 0.15) is 4.70 Å². The van der Waals surface area contributed by atoms with Gasteiger partial charge in [0.15, 0.2) is 6.54 Å². The molecule has 2 atom stereocenters. The smallest absolute Gasteiger partial charge is 0.263 e. The van der Waals surface area contributed by atoms with Crippen LogP contribution in [0.25, 0.3) is 16.3 Å². The second-order valence-corrected chi connectivity index (χ2v) is 15.1. The molecule has 0 radical (unpaired) electrons. The first-order valence-electron chi connectivity index (χ1n) is 15.3. The molecule has 0 bridgehead atoms. The molecule has 3 aliphatic carbocycles. The van der Waals surface area contributed by atoms with Crippen molar-refractivity contribution in [2.24, 2.45) is 11.8 Å². The summed E-state index contributed by atoms with van der Waals surface area (Å²) in [6, 6.07) is 13.8. The summed E-state index contributed by atoms with van der Waals surface area (Å²) in [5.41, 5.74) is 10.5. The number of fused-ring (bicyclic) bond motifs is 3. The minimum Gasteiger partial charge on any atom is -0.335 e. The molecule has 3 heterocycles. The Labute approximate surface area is 256 Å². The third kappa shape index (κ3) is 4.69. The fourth-order valence-corrected chi connectivity index (χ4v) is 10.4. The molecule has 2 unspecified atom stereocenters. The number of nitrogens with zero attached hydrogens (tertiary/aromatic N) is 2. The molecule has 0 spiro atoms. The van der Waals surface area contributed by atoms with Gasteiger partial charge in [0, 0.05) is 34.4 Å². The lowest BCUT2D eigenvalue weighted by molar-refractivity contribution is -0.671. The van der Waals surface area contributed by atoms with Gasteiger partial charge in [-0.05, 0) is 116 Å². The molecule has 0 saturated heterocycles. The van der Waals surface area contributed by atoms with E-state index in [-0.39, 0.29) is 0 Å². The number of hydrogen-bond acceptors (Lipinski definition) is 4. The molecule has 0 N–H and O–H groups in total. The van der Waals surface area contributed by atoms with Crippen LogP contribution in [0, 0.1) is 11.8 Å². The van der Waals surface area contributed by atoms with Crippen molar-refractivity contribution in [3.8, 4) is 0 Å². The summed E-state index contributed by atoms with van der Waals surface area (Å²) in [5.74, 6) is 1.46. The van der Waals surface area contributed by atoms with E-state index in [4.69, 9.17) is 0 Å². The number of anilines is 1. The number of benzene rings is 2. The molecule has 0 fully saturated rings. The molecule has 3 aromatic rings. The van der Waals surface area contributed by atoms with Crippen molar-refractivity contribution < 1.29 is 4.57 Å². The van der Waals surface area contributed by atoms with Crippen LogP contribution in [0.5, 0.6) is 0 Å². The molecule has 208 valence electrons. The molecule has 1 aromatic heterocycles. The number of para-hydroxylation sites is 1. The number of allylic oxidation sites excluding steroid dienone is 8. The summed E-state index contributed by atoms with van der Waals surface area (Å²) in [5, 5.41) is 2.82. The maximum atomic E-state index is 2.59. The van der Waals surface area contributed by atoms with Crippen LogP contribution < -0.4 is 9.47 Å². The van der Waals surface area contributed by atoms with Crippen LogP contribution in [0.3, 0.4) is 0 Å². The highest BCUT2D eigenvalue weighted by Crippen LogP contribution is 2.49. The Hall–Kier alpha value is -2.47. The third-order valence-electron chi connectivity index (χ3n) is 9.64. The number of aryl methyl sites for hydroxylation is 2. The monoisotopic (exact) mass is 593 g/mol. The van der Waals surface area contributed by atoms with Crippen molar-refractivity contribution in [1.82, 2.24) is 0 Å². The predicted molar refractivity (Wildman–Crippen MR) is 178 cm³/mol. The summed E-state index contributed by atoms with van der Waals surface area (Å²) in [7, 11) is 0. The van der Waals surface area contributed by atoms with Crippen molar-refractivity contribution in [2.45, 2.75) is 68.2 Å². The Bertz CT molecular complexity index is 1720. The number of aromatic nitrogens is 1. The van der Waals surface area contributed by atoms with E-state index in [0.29, 0.717) is 0 Å². The molecule has 8 rings (SSSR count). The summed E-state index contributed by atoms with van der Waals surface area (Å²) >= 11 is 5.74. The van der Waals surface area contributed by atoms with Gasteiger partial charge in [-0.3, -0.25) is 0 Å². The highest BCUT2D eigenvalue weighted by Gasteiger charge is 2.32. The lowest BCUT2D eigenvalue weighted by Crippen LogP contribution is -2.38. The minimum atomic E-state index is 0.728. The molecule has 2 nitrogen and oxygen atoms in total. The standard InChI is InChI=1S/C36H37N2S3/c1-3-37-31-22-30(39-2)13-14-32(31)40-34(37)18-23-9-11-26-20-27-12-10-24(17-29(27)21-28(26)16-23)19-35-38-15-5-7-25-6-4-8-33(41-35)36(25)38/h4,6,8,13-14,16-19,21-22,26-27H,3,5,7,9-12,15,20H2,1-2H3/q+1. The Morgan fingerprint density at radius 1 is 1.00 bits per heavy atom. The average Bonchev–Trinajstić information content (AvgIpc) is 3.53. The lowest BCUT2D eigenvalue weighted by Gasteiger charge is -2.36. The number of rotatable bonds is 4. The molecule has 41 heavy (non-hydrogen) atoms. The van der Waals surface area contributed by atoms with Gasteiger partial charge in [-0.25, -0.2) is 0 Å². The SMILES string of the molecule is CCN1/C(=C/C2=CC3=CC4=C/C(=C/c5sc6cccc7c6[n+]5CCC7)CCC4CC3CC2)Sc2ccc(SC)cc21. The van der Waals surface area contributed by atoms with Gasteiger partial charge in [-0.1, -0.05) is 53.5 Å². The van der Waals surface area contributed by atoms with Crippen LogP contribution >= 0.6 is 34.9 Å². The zero-order valence-electron chi connectivity index (χ0n) is 24.0. The molecule has 5 heteroatoms. The highest BCUT2D eigenvalue weighted by molar-refractivity contribution is 8.03. The van der Waals surface area contributed by atoms with Gasteiger partial charge >= 0.3 is 0 Å². The first-order chi connectivity index (χ1) is 20.2. The van der Waals surface area contributed by atoms with Gasteiger partial charge in [0.05, 0.1) is 10.7 Å². The normalized spacial score (nSPS) is 25.1. The summed E-state index contributed by atoms with van der Waals surface area (Å²) in [6.45, 7) is 4.44. The first kappa shape index (κ1) is 26.2. The minimum absolute atomic E-state index is 0.728. The van der Waals surface area contributed by atoms with E-state index in [1.165, 1.54) is 97.4 Å². The fourth-order valence-electron chi connectivity index (χ4n) is 7.57. The summed E-state index contributed by atoms with van der Waals surface area (Å²) in [4.78, 5) is 5.23. The fraction of sp³-hybridized carbons (Fsp3) is 0.361. The maximum absolute atomic E-state index is 2.59. The molecule has 0 amide bonds. The van der Waals surface area contributed by atoms with E-state index in [1.807, 2.05) is 34.9 Å². The van der Waals surface area contributed by atoms with Gasteiger partial charge < -0.3 is 4.90 Å². The molecular weight excluding hydrogens is 557 g/mol. The summed E-state index contributed by atoms with van der Waals surface area (Å²) in [6.07, 6.45) is 23.6. The Balaban J connectivity index is 1.09. The number of thiazole rings is 1. The quantitative estimate of drug-likeness (QED) is 0.220. The van der Waals surface area contributed by atoms with E-state index < -0.39 is 0 Å². The largest absolute Gasteiger partial charge is 0.335 e. The molecular formula is C36H37N2S3+. The number of hydrogen-bond donors (Lipinski definition) is 0. The van der Waals surface area contributed by atoms with E-state index in [9.17, 15) is 0 Å². The number of thioether (sulfide) groups is 2. The zero-order valence-corrected chi connectivity index (χ0v) is 26.4. The van der Waals surface area contributed by atoms with Gasteiger partial charge in [0.25, 0.3) is 5.01 Å². The van der Waals surface area contributed by atoms with Gasteiger partial charge in [-0.2, -0.15) is 4.57 Å². The van der Waals surface area contributed by atoms with Crippen LogP contribution in [-0.2, 0) is 13.0 Å². The van der Waals surface area contributed by atoms with Crippen LogP contribution in [0.2, 0.25) is 0 Å². The van der Waals surface area contributed by atoms with Crippen LogP contribution in [0.1, 0.15) is 56.0 Å². The van der Waals surface area contributed by atoms with Crippen molar-refractivity contribution in [1.29, 1.82) is 0 Å². The van der Waals surface area contributed by atoms with Crippen LogP contribution in [0.4, 0.5) is 5.69 Å². The molecule has 0 saturated carbocycles. The van der Waals surface area contributed by atoms with E-state index in [1.54, 1.807) is 11.1 Å². The lowest BCUT2D eigenvalue weighted by atomic mass is 9.69. The van der Waals surface area contributed by atoms with E-state index >= 15 is 0 Å². The Morgan fingerprint density at radius 2 is 1.88 bits per heavy atom. The van der Waals surface area contributed by atoms with Crippen molar-refractivity contribution in [2.75, 3.05) is 17.7 Å². The van der Waals surface area contributed by atoms with Crippen LogP contribution in [0.15, 0.2) is 97.8 Å².